The molecule has 0 aromatic carbocycles. The maximum absolute atomic E-state index is 12.0. The molecular formula is C16H29N3O2. The molecule has 3 aliphatic rings. The summed E-state index contributed by atoms with van der Waals surface area (Å²) in [6.07, 6.45) is 7.97. The summed E-state index contributed by atoms with van der Waals surface area (Å²) in [5, 5.41) is 6.50. The van der Waals surface area contributed by atoms with E-state index in [4.69, 9.17) is 4.74 Å². The Balaban J connectivity index is 1.25. The van der Waals surface area contributed by atoms with Crippen LogP contribution in [0, 0.1) is 0 Å². The lowest BCUT2D eigenvalue weighted by Crippen LogP contribution is -2.45. The highest BCUT2D eigenvalue weighted by Crippen LogP contribution is 2.29. The number of likely N-dealkylation sites (tertiary alicyclic amines) is 1. The van der Waals surface area contributed by atoms with Crippen molar-refractivity contribution in [2.45, 2.75) is 63.1 Å². The summed E-state index contributed by atoms with van der Waals surface area (Å²) in [5.74, 6) is 0.161. The highest BCUT2D eigenvalue weighted by molar-refractivity contribution is 5.76. The van der Waals surface area contributed by atoms with Crippen molar-refractivity contribution in [1.29, 1.82) is 0 Å². The van der Waals surface area contributed by atoms with Crippen LogP contribution in [0.5, 0.6) is 0 Å². The third kappa shape index (κ3) is 4.94. The molecule has 2 heterocycles. The quantitative estimate of drug-likeness (QED) is 0.764. The van der Waals surface area contributed by atoms with Gasteiger partial charge >= 0.3 is 0 Å². The molecule has 2 aliphatic heterocycles. The maximum Gasteiger partial charge on any atom is 0.222 e. The second kappa shape index (κ2) is 7.56. The van der Waals surface area contributed by atoms with E-state index in [-0.39, 0.29) is 5.91 Å². The molecule has 0 spiro atoms. The Labute approximate surface area is 127 Å². The molecule has 3 fully saturated rings. The summed E-state index contributed by atoms with van der Waals surface area (Å²) in [4.78, 5) is 14.5. The van der Waals surface area contributed by atoms with Gasteiger partial charge in [-0.1, -0.05) is 0 Å². The van der Waals surface area contributed by atoms with E-state index in [0.717, 1.165) is 57.9 Å². The third-order valence-corrected chi connectivity index (χ3v) is 4.93. The largest absolute Gasteiger partial charge is 0.378 e. The summed E-state index contributed by atoms with van der Waals surface area (Å²) in [7, 11) is 0. The fourth-order valence-electron chi connectivity index (χ4n) is 3.43. The van der Waals surface area contributed by atoms with E-state index < -0.39 is 0 Å². The van der Waals surface area contributed by atoms with E-state index in [0.29, 0.717) is 25.2 Å². The minimum atomic E-state index is 0.161. The van der Waals surface area contributed by atoms with Crippen LogP contribution in [0.15, 0.2) is 0 Å². The highest BCUT2D eigenvalue weighted by Gasteiger charge is 2.32. The Hall–Kier alpha value is -0.650. The van der Waals surface area contributed by atoms with E-state index in [9.17, 15) is 4.79 Å². The van der Waals surface area contributed by atoms with Crippen molar-refractivity contribution in [2.75, 3.05) is 32.8 Å². The number of rotatable bonds is 6. The van der Waals surface area contributed by atoms with Crippen LogP contribution in [0.4, 0.5) is 0 Å². The molecule has 1 saturated carbocycles. The predicted molar refractivity (Wildman–Crippen MR) is 82.2 cm³/mol. The molecule has 5 nitrogen and oxygen atoms in total. The Morgan fingerprint density at radius 3 is 2.48 bits per heavy atom. The zero-order valence-electron chi connectivity index (χ0n) is 13.0. The molecule has 3 rings (SSSR count). The third-order valence-electron chi connectivity index (χ3n) is 4.93. The lowest BCUT2D eigenvalue weighted by Gasteiger charge is -2.32. The number of piperidine rings is 2. The monoisotopic (exact) mass is 295 g/mol. The van der Waals surface area contributed by atoms with Crippen molar-refractivity contribution in [1.82, 2.24) is 15.5 Å². The van der Waals surface area contributed by atoms with Gasteiger partial charge in [-0.3, -0.25) is 4.79 Å². The Morgan fingerprint density at radius 2 is 1.81 bits per heavy atom. The van der Waals surface area contributed by atoms with E-state index in [1.54, 1.807) is 0 Å². The lowest BCUT2D eigenvalue weighted by atomic mass is 10.0. The van der Waals surface area contributed by atoms with E-state index in [2.05, 4.69) is 15.5 Å². The maximum atomic E-state index is 12.0. The van der Waals surface area contributed by atoms with Crippen LogP contribution in [0.3, 0.4) is 0 Å². The van der Waals surface area contributed by atoms with Gasteiger partial charge in [-0.15, -0.1) is 0 Å². The number of nitrogens with zero attached hydrogens (tertiary/aromatic N) is 1. The molecule has 2 saturated heterocycles. The SMILES string of the molecule is O=C(CCOC1CCNCC1)NC1CCN(C2CC2)CC1. The van der Waals surface area contributed by atoms with Crippen molar-refractivity contribution < 1.29 is 9.53 Å². The van der Waals surface area contributed by atoms with Crippen LogP contribution in [-0.2, 0) is 9.53 Å². The summed E-state index contributed by atoms with van der Waals surface area (Å²) in [6.45, 7) is 4.95. The lowest BCUT2D eigenvalue weighted by molar-refractivity contribution is -0.123. The first-order valence-electron chi connectivity index (χ1n) is 8.67. The van der Waals surface area contributed by atoms with E-state index >= 15 is 0 Å². The normalized spacial score (nSPS) is 25.9. The number of carbonyl (C=O) groups excluding carboxylic acids is 1. The van der Waals surface area contributed by atoms with Crippen LogP contribution in [0.2, 0.25) is 0 Å². The molecule has 2 N–H and O–H groups in total. The fraction of sp³-hybridized carbons (Fsp3) is 0.938. The van der Waals surface area contributed by atoms with Gasteiger partial charge < -0.3 is 20.3 Å². The molecule has 21 heavy (non-hydrogen) atoms. The average Bonchev–Trinajstić information content (AvgIpc) is 3.34. The number of hydrogen-bond acceptors (Lipinski definition) is 4. The molecule has 120 valence electrons. The molecule has 0 bridgehead atoms. The fourth-order valence-corrected chi connectivity index (χ4v) is 3.43. The van der Waals surface area contributed by atoms with Gasteiger partial charge in [-0.05, 0) is 51.6 Å². The summed E-state index contributed by atoms with van der Waals surface area (Å²) in [5.41, 5.74) is 0. The number of nitrogens with one attached hydrogen (secondary N) is 2. The minimum Gasteiger partial charge on any atom is -0.378 e. The molecule has 0 radical (unpaired) electrons. The summed E-state index contributed by atoms with van der Waals surface area (Å²) >= 11 is 0. The minimum absolute atomic E-state index is 0.161. The highest BCUT2D eigenvalue weighted by atomic mass is 16.5. The first kappa shape index (κ1) is 15.3. The Morgan fingerprint density at radius 1 is 1.10 bits per heavy atom. The summed E-state index contributed by atoms with van der Waals surface area (Å²) in [6, 6.07) is 1.24. The molecular weight excluding hydrogens is 266 g/mol. The van der Waals surface area contributed by atoms with Gasteiger partial charge in [0.05, 0.1) is 12.7 Å². The van der Waals surface area contributed by atoms with Crippen molar-refractivity contribution in [3.05, 3.63) is 0 Å². The molecule has 1 aliphatic carbocycles. The van der Waals surface area contributed by atoms with Crippen LogP contribution >= 0.6 is 0 Å². The zero-order valence-corrected chi connectivity index (χ0v) is 13.0. The number of carbonyl (C=O) groups is 1. The van der Waals surface area contributed by atoms with Gasteiger partial charge in [0.2, 0.25) is 5.91 Å². The Kier molecular flexibility index (Phi) is 5.49. The van der Waals surface area contributed by atoms with Crippen LogP contribution < -0.4 is 10.6 Å². The standard InChI is InChI=1S/C16H29N3O2/c20-16(7-12-21-15-3-8-17-9-4-15)18-13-5-10-19(11-6-13)14-1-2-14/h13-15,17H,1-12H2,(H,18,20). The van der Waals surface area contributed by atoms with Gasteiger partial charge in [-0.25, -0.2) is 0 Å². The molecule has 0 atom stereocenters. The zero-order chi connectivity index (χ0) is 14.5. The Bertz CT molecular complexity index is 332. The number of ether oxygens (including phenoxy) is 1. The topological polar surface area (TPSA) is 53.6 Å². The van der Waals surface area contributed by atoms with Gasteiger partial charge in [0.1, 0.15) is 0 Å². The number of hydrogen-bond donors (Lipinski definition) is 2. The first-order valence-corrected chi connectivity index (χ1v) is 8.67. The van der Waals surface area contributed by atoms with Gasteiger partial charge in [0, 0.05) is 31.6 Å². The van der Waals surface area contributed by atoms with Crippen molar-refractivity contribution >= 4 is 5.91 Å². The summed E-state index contributed by atoms with van der Waals surface area (Å²) < 4.78 is 5.79. The molecule has 5 heteroatoms. The average molecular weight is 295 g/mol. The van der Waals surface area contributed by atoms with Crippen LogP contribution in [-0.4, -0.2) is 61.8 Å². The second-order valence-electron chi connectivity index (χ2n) is 6.68. The molecule has 0 aromatic rings. The smallest absolute Gasteiger partial charge is 0.222 e. The number of amides is 1. The molecule has 0 unspecified atom stereocenters. The van der Waals surface area contributed by atoms with Gasteiger partial charge in [-0.2, -0.15) is 0 Å². The first-order chi connectivity index (χ1) is 10.3. The van der Waals surface area contributed by atoms with E-state index in [1.807, 2.05) is 0 Å². The second-order valence-corrected chi connectivity index (χ2v) is 6.68. The van der Waals surface area contributed by atoms with Crippen LogP contribution in [0.1, 0.15) is 44.9 Å². The molecule has 0 aromatic heterocycles. The van der Waals surface area contributed by atoms with Crippen LogP contribution in [0.25, 0.3) is 0 Å². The van der Waals surface area contributed by atoms with E-state index in [1.165, 1.54) is 12.8 Å². The van der Waals surface area contributed by atoms with Gasteiger partial charge in [0.15, 0.2) is 0 Å². The van der Waals surface area contributed by atoms with Crippen molar-refractivity contribution in [2.24, 2.45) is 0 Å². The van der Waals surface area contributed by atoms with Gasteiger partial charge in [0.25, 0.3) is 0 Å². The molecule has 1 amide bonds. The predicted octanol–water partition coefficient (Wildman–Crippen LogP) is 0.888. The van der Waals surface area contributed by atoms with Crippen molar-refractivity contribution in [3.8, 4) is 0 Å². The van der Waals surface area contributed by atoms with Crippen molar-refractivity contribution in [3.63, 3.8) is 0 Å².